The van der Waals surface area contributed by atoms with E-state index in [-0.39, 0.29) is 6.10 Å². The van der Waals surface area contributed by atoms with Crippen LogP contribution >= 0.6 is 0 Å². The molecule has 3 heteroatoms. The van der Waals surface area contributed by atoms with Crippen LogP contribution in [0.25, 0.3) is 0 Å². The van der Waals surface area contributed by atoms with Gasteiger partial charge in [0.2, 0.25) is 0 Å². The summed E-state index contributed by atoms with van der Waals surface area (Å²) in [5.41, 5.74) is 0. The Hall–Kier alpha value is -0.120. The van der Waals surface area contributed by atoms with Gasteiger partial charge in [0.05, 0.1) is 6.10 Å². The molecule has 0 amide bonds. The predicted octanol–water partition coefficient (Wildman–Crippen LogP) is 0.441. The third-order valence-electron chi connectivity index (χ3n) is 3.64. The maximum atomic E-state index is 9.64. The fourth-order valence-electron chi connectivity index (χ4n) is 2.69. The maximum Gasteiger partial charge on any atom is 0.0693 e. The van der Waals surface area contributed by atoms with Crippen molar-refractivity contribution in [3.05, 3.63) is 0 Å². The Morgan fingerprint density at radius 3 is 2.79 bits per heavy atom. The van der Waals surface area contributed by atoms with E-state index in [0.29, 0.717) is 6.04 Å². The van der Waals surface area contributed by atoms with Gasteiger partial charge < -0.3 is 15.3 Å². The molecule has 0 spiro atoms. The zero-order valence-corrected chi connectivity index (χ0v) is 9.08. The van der Waals surface area contributed by atoms with Gasteiger partial charge >= 0.3 is 0 Å². The van der Waals surface area contributed by atoms with Crippen molar-refractivity contribution >= 4 is 0 Å². The highest BCUT2D eigenvalue weighted by Crippen LogP contribution is 2.20. The average Bonchev–Trinajstić information content (AvgIpc) is 2.72. The summed E-state index contributed by atoms with van der Waals surface area (Å²) in [6.07, 6.45) is 4.55. The van der Waals surface area contributed by atoms with Gasteiger partial charge in [-0.3, -0.25) is 0 Å². The van der Waals surface area contributed by atoms with Crippen molar-refractivity contribution in [1.82, 2.24) is 10.2 Å². The molecule has 1 saturated heterocycles. The van der Waals surface area contributed by atoms with Crippen molar-refractivity contribution in [3.8, 4) is 0 Å². The lowest BCUT2D eigenvalue weighted by Gasteiger charge is -2.19. The summed E-state index contributed by atoms with van der Waals surface area (Å²) < 4.78 is 0. The van der Waals surface area contributed by atoms with Crippen molar-refractivity contribution in [1.29, 1.82) is 0 Å². The summed E-state index contributed by atoms with van der Waals surface area (Å²) in [4.78, 5) is 2.39. The SMILES string of the molecule is CN1CCC(CN[C@H]2CCC[C@@H]2O)C1. The largest absolute Gasteiger partial charge is 0.392 e. The van der Waals surface area contributed by atoms with E-state index in [9.17, 15) is 5.11 Å². The maximum absolute atomic E-state index is 9.64. The molecular weight excluding hydrogens is 176 g/mol. The van der Waals surface area contributed by atoms with E-state index in [1.54, 1.807) is 0 Å². The predicted molar refractivity (Wildman–Crippen MR) is 57.3 cm³/mol. The van der Waals surface area contributed by atoms with Crippen molar-refractivity contribution < 1.29 is 5.11 Å². The first-order chi connectivity index (χ1) is 6.75. The van der Waals surface area contributed by atoms with Crippen molar-refractivity contribution in [2.24, 2.45) is 5.92 Å². The van der Waals surface area contributed by atoms with Crippen LogP contribution in [0.3, 0.4) is 0 Å². The van der Waals surface area contributed by atoms with Crippen LogP contribution in [0.2, 0.25) is 0 Å². The lowest BCUT2D eigenvalue weighted by molar-refractivity contribution is 0.147. The minimum atomic E-state index is -0.0888. The highest BCUT2D eigenvalue weighted by molar-refractivity contribution is 4.84. The Morgan fingerprint density at radius 1 is 1.36 bits per heavy atom. The average molecular weight is 198 g/mol. The van der Waals surface area contributed by atoms with Crippen LogP contribution in [0.5, 0.6) is 0 Å². The second-order valence-electron chi connectivity index (χ2n) is 4.93. The van der Waals surface area contributed by atoms with Crippen molar-refractivity contribution in [2.45, 2.75) is 37.8 Å². The van der Waals surface area contributed by atoms with Gasteiger partial charge in [-0.05, 0) is 51.7 Å². The smallest absolute Gasteiger partial charge is 0.0693 e. The molecule has 2 fully saturated rings. The molecule has 0 aromatic rings. The number of aliphatic hydroxyl groups is 1. The summed E-state index contributed by atoms with van der Waals surface area (Å²) in [7, 11) is 2.18. The molecule has 0 aromatic carbocycles. The van der Waals surface area contributed by atoms with Crippen LogP contribution < -0.4 is 5.32 Å². The number of aliphatic hydroxyl groups excluding tert-OH is 1. The number of hydrogen-bond acceptors (Lipinski definition) is 3. The first kappa shape index (κ1) is 10.4. The zero-order chi connectivity index (χ0) is 9.97. The summed E-state index contributed by atoms with van der Waals surface area (Å²) in [6.45, 7) is 3.54. The molecule has 1 aliphatic heterocycles. The Kier molecular flexibility index (Phi) is 3.42. The molecule has 3 nitrogen and oxygen atoms in total. The highest BCUT2D eigenvalue weighted by atomic mass is 16.3. The molecule has 2 N–H and O–H groups in total. The Balaban J connectivity index is 1.67. The number of rotatable bonds is 3. The number of nitrogens with zero attached hydrogens (tertiary/aromatic N) is 1. The molecule has 0 radical (unpaired) electrons. The monoisotopic (exact) mass is 198 g/mol. The molecule has 82 valence electrons. The van der Waals surface area contributed by atoms with E-state index in [0.717, 1.165) is 25.3 Å². The second kappa shape index (κ2) is 4.60. The molecule has 2 aliphatic rings. The van der Waals surface area contributed by atoms with Gasteiger partial charge in [0.25, 0.3) is 0 Å². The quantitative estimate of drug-likeness (QED) is 0.691. The molecule has 1 saturated carbocycles. The van der Waals surface area contributed by atoms with Crippen LogP contribution in [0.15, 0.2) is 0 Å². The van der Waals surface area contributed by atoms with Gasteiger partial charge in [-0.25, -0.2) is 0 Å². The standard InChI is InChI=1S/C11H22N2O/c1-13-6-5-9(8-13)7-12-10-3-2-4-11(10)14/h9-12,14H,2-8H2,1H3/t9?,10-,11-/m0/s1. The fraction of sp³-hybridized carbons (Fsp3) is 1.00. The van der Waals surface area contributed by atoms with E-state index < -0.39 is 0 Å². The summed E-state index contributed by atoms with van der Waals surface area (Å²) >= 11 is 0. The van der Waals surface area contributed by atoms with E-state index in [1.807, 2.05) is 0 Å². The molecular formula is C11H22N2O. The Bertz CT molecular complexity index is 186. The lowest BCUT2D eigenvalue weighted by atomic mass is 10.1. The molecule has 1 unspecified atom stereocenters. The molecule has 0 aromatic heterocycles. The van der Waals surface area contributed by atoms with E-state index in [4.69, 9.17) is 0 Å². The van der Waals surface area contributed by atoms with E-state index in [1.165, 1.54) is 25.9 Å². The van der Waals surface area contributed by atoms with Crippen molar-refractivity contribution in [2.75, 3.05) is 26.7 Å². The molecule has 1 heterocycles. The molecule has 14 heavy (non-hydrogen) atoms. The van der Waals surface area contributed by atoms with Gasteiger partial charge in [0, 0.05) is 12.6 Å². The third-order valence-corrected chi connectivity index (χ3v) is 3.64. The number of likely N-dealkylation sites (tertiary alicyclic amines) is 1. The molecule has 1 aliphatic carbocycles. The van der Waals surface area contributed by atoms with Gasteiger partial charge in [0.1, 0.15) is 0 Å². The van der Waals surface area contributed by atoms with Crippen LogP contribution in [-0.4, -0.2) is 48.8 Å². The van der Waals surface area contributed by atoms with Gasteiger partial charge in [-0.1, -0.05) is 0 Å². The Labute approximate surface area is 86.5 Å². The van der Waals surface area contributed by atoms with Crippen LogP contribution in [0, 0.1) is 5.92 Å². The minimum absolute atomic E-state index is 0.0888. The topological polar surface area (TPSA) is 35.5 Å². The number of hydrogen-bond donors (Lipinski definition) is 2. The zero-order valence-electron chi connectivity index (χ0n) is 9.08. The highest BCUT2D eigenvalue weighted by Gasteiger charge is 2.26. The van der Waals surface area contributed by atoms with Crippen LogP contribution in [0.4, 0.5) is 0 Å². The minimum Gasteiger partial charge on any atom is -0.392 e. The lowest BCUT2D eigenvalue weighted by Crippen LogP contribution is -2.39. The third kappa shape index (κ3) is 2.47. The van der Waals surface area contributed by atoms with Crippen molar-refractivity contribution in [3.63, 3.8) is 0 Å². The van der Waals surface area contributed by atoms with Crippen LogP contribution in [-0.2, 0) is 0 Å². The van der Waals surface area contributed by atoms with Gasteiger partial charge in [-0.15, -0.1) is 0 Å². The Morgan fingerprint density at radius 2 is 2.21 bits per heavy atom. The molecule has 2 rings (SSSR count). The number of nitrogens with one attached hydrogen (secondary N) is 1. The van der Waals surface area contributed by atoms with E-state index >= 15 is 0 Å². The van der Waals surface area contributed by atoms with E-state index in [2.05, 4.69) is 17.3 Å². The molecule has 3 atom stereocenters. The van der Waals surface area contributed by atoms with Gasteiger partial charge in [-0.2, -0.15) is 0 Å². The van der Waals surface area contributed by atoms with Crippen LogP contribution in [0.1, 0.15) is 25.7 Å². The molecule has 0 bridgehead atoms. The normalized spacial score (nSPS) is 39.4. The fourth-order valence-corrected chi connectivity index (χ4v) is 2.69. The second-order valence-corrected chi connectivity index (χ2v) is 4.93. The summed E-state index contributed by atoms with van der Waals surface area (Å²) in [5.74, 6) is 0.799. The first-order valence-corrected chi connectivity index (χ1v) is 5.85. The first-order valence-electron chi connectivity index (χ1n) is 5.85. The summed E-state index contributed by atoms with van der Waals surface area (Å²) in [5, 5.41) is 13.2. The van der Waals surface area contributed by atoms with Gasteiger partial charge in [0.15, 0.2) is 0 Å². The summed E-state index contributed by atoms with van der Waals surface area (Å²) in [6, 6.07) is 0.376.